The number of benzene rings is 1. The Balaban J connectivity index is 2.59. The fraction of sp³-hybridized carbons (Fsp3) is 0.222. The number of hydrogen-bond donors (Lipinski definition) is 0. The van der Waals surface area contributed by atoms with Gasteiger partial charge in [0, 0.05) is 3.57 Å². The molecule has 0 atom stereocenters. The number of ether oxygens (including phenoxy) is 1. The molecule has 0 saturated carbocycles. The molecule has 0 aliphatic rings. The molecule has 0 amide bonds. The topological polar surface area (TPSA) is 74.5 Å². The van der Waals surface area contributed by atoms with E-state index >= 15 is 0 Å². The number of carbonyl (C=O) groups excluding carboxylic acids is 1. The molecule has 0 radical (unpaired) electrons. The Morgan fingerprint density at radius 3 is 2.53 bits per heavy atom. The highest BCUT2D eigenvalue weighted by atomic mass is 127. The van der Waals surface area contributed by atoms with E-state index in [2.05, 4.69) is 9.46 Å². The number of sulfonamides is 1. The van der Waals surface area contributed by atoms with Crippen LogP contribution in [0.4, 0.5) is 13.2 Å². The van der Waals surface area contributed by atoms with E-state index in [1.54, 1.807) is 12.1 Å². The first-order valence-electron chi connectivity index (χ1n) is 4.58. The highest BCUT2D eigenvalue weighted by molar-refractivity contribution is 14.1. The summed E-state index contributed by atoms with van der Waals surface area (Å²) >= 11 is 1.94. The van der Waals surface area contributed by atoms with Crippen molar-refractivity contribution < 1.29 is 31.1 Å². The van der Waals surface area contributed by atoms with Gasteiger partial charge in [-0.1, -0.05) is 6.07 Å². The van der Waals surface area contributed by atoms with Crippen molar-refractivity contribution in [3.63, 3.8) is 0 Å². The molecular weight excluding hydrogens is 402 g/mol. The molecule has 106 valence electrons. The van der Waals surface area contributed by atoms with Gasteiger partial charge in [-0.3, -0.25) is 4.79 Å². The van der Waals surface area contributed by atoms with Crippen molar-refractivity contribution in [2.24, 2.45) is 0 Å². The fourth-order valence-electron chi connectivity index (χ4n) is 0.905. The third kappa shape index (κ3) is 4.95. The normalized spacial score (nSPS) is 12.2. The molecule has 0 N–H and O–H groups in total. The monoisotopic (exact) mass is 408 g/mol. The lowest BCUT2D eigenvalue weighted by Gasteiger charge is -2.20. The summed E-state index contributed by atoms with van der Waals surface area (Å²) in [4.78, 5) is 11.1. The van der Waals surface area contributed by atoms with Crippen LogP contribution in [-0.4, -0.2) is 26.4 Å². The minimum Gasteiger partial charge on any atom is -0.532 e. The van der Waals surface area contributed by atoms with Crippen molar-refractivity contribution in [1.29, 1.82) is 0 Å². The van der Waals surface area contributed by atoms with E-state index in [0.29, 0.717) is 0 Å². The molecule has 0 unspecified atom stereocenters. The predicted octanol–water partition coefficient (Wildman–Crippen LogP) is 2.42. The lowest BCUT2D eigenvalue weighted by Crippen LogP contribution is -2.25. The van der Waals surface area contributed by atoms with Crippen molar-refractivity contribution in [2.75, 3.05) is 6.54 Å². The van der Waals surface area contributed by atoms with Crippen LogP contribution < -0.4 is 4.74 Å². The summed E-state index contributed by atoms with van der Waals surface area (Å²) in [6, 6.07) is 6.12. The zero-order valence-corrected chi connectivity index (χ0v) is 12.0. The van der Waals surface area contributed by atoms with Gasteiger partial charge in [0.1, 0.15) is 5.75 Å². The van der Waals surface area contributed by atoms with Gasteiger partial charge in [-0.2, -0.15) is 13.2 Å². The first-order chi connectivity index (χ1) is 8.62. The molecule has 0 saturated heterocycles. The van der Waals surface area contributed by atoms with Crippen LogP contribution in [0, 0.1) is 3.57 Å². The third-order valence-corrected chi connectivity index (χ3v) is 3.41. The molecule has 0 aliphatic carbocycles. The van der Waals surface area contributed by atoms with Gasteiger partial charge in [-0.05, 0) is 47.3 Å². The third-order valence-electron chi connectivity index (χ3n) is 1.68. The van der Waals surface area contributed by atoms with E-state index in [9.17, 15) is 26.4 Å². The van der Waals surface area contributed by atoms with E-state index in [4.69, 9.17) is 0 Å². The van der Waals surface area contributed by atoms with Crippen molar-refractivity contribution in [1.82, 2.24) is 0 Å². The van der Waals surface area contributed by atoms with Gasteiger partial charge in [0.2, 0.25) is 0 Å². The molecule has 0 aliphatic heterocycles. The van der Waals surface area contributed by atoms with Gasteiger partial charge in [0.15, 0.2) is 10.0 Å². The van der Waals surface area contributed by atoms with E-state index in [-0.39, 0.29) is 5.75 Å². The standard InChI is InChI=1S/C9H6F3INO4S/c10-9(11,12)19(16,17)14-5-8(15)18-7-3-1-2-6(13)4-7/h1-4H,5H2/q-1. The van der Waals surface area contributed by atoms with Crippen LogP contribution in [0.2, 0.25) is 0 Å². The number of carbonyl (C=O) groups is 1. The molecule has 1 aromatic carbocycles. The summed E-state index contributed by atoms with van der Waals surface area (Å²) in [7, 11) is -5.67. The molecule has 0 fully saturated rings. The molecule has 0 spiro atoms. The first-order valence-corrected chi connectivity index (χ1v) is 7.10. The quantitative estimate of drug-likeness (QED) is 0.436. The van der Waals surface area contributed by atoms with Crippen molar-refractivity contribution in [3.05, 3.63) is 32.6 Å². The Morgan fingerprint density at radius 2 is 2.00 bits per heavy atom. The predicted molar refractivity (Wildman–Crippen MR) is 68.0 cm³/mol. The number of esters is 1. The summed E-state index contributed by atoms with van der Waals surface area (Å²) in [5, 5.41) is 0. The largest absolute Gasteiger partial charge is 0.532 e. The Labute approximate surface area is 120 Å². The van der Waals surface area contributed by atoms with Crippen molar-refractivity contribution in [3.8, 4) is 5.75 Å². The maximum absolute atomic E-state index is 11.9. The van der Waals surface area contributed by atoms with Crippen LogP contribution in [0.5, 0.6) is 5.75 Å². The Hall–Kier alpha value is -0.880. The Bertz CT molecular complexity index is 573. The van der Waals surface area contributed by atoms with E-state index in [1.165, 1.54) is 12.1 Å². The second-order valence-corrected chi connectivity index (χ2v) is 6.06. The van der Waals surface area contributed by atoms with Crippen LogP contribution in [0.3, 0.4) is 0 Å². The first kappa shape index (κ1) is 16.2. The number of halogens is 4. The summed E-state index contributed by atoms with van der Waals surface area (Å²) in [6.45, 7) is -1.23. The van der Waals surface area contributed by atoms with Gasteiger partial charge in [-0.25, -0.2) is 8.42 Å². The number of nitrogens with zero attached hydrogens (tertiary/aromatic N) is 1. The highest BCUT2D eigenvalue weighted by Crippen LogP contribution is 2.27. The molecule has 0 heterocycles. The van der Waals surface area contributed by atoms with Crippen LogP contribution in [0.25, 0.3) is 4.72 Å². The van der Waals surface area contributed by atoms with Crippen LogP contribution in [0.15, 0.2) is 24.3 Å². The summed E-state index contributed by atoms with van der Waals surface area (Å²) in [5.41, 5.74) is -5.52. The van der Waals surface area contributed by atoms with E-state index < -0.39 is 28.0 Å². The van der Waals surface area contributed by atoms with Crippen molar-refractivity contribution in [2.45, 2.75) is 5.51 Å². The number of hydrogen-bond acceptors (Lipinski definition) is 4. The highest BCUT2D eigenvalue weighted by Gasteiger charge is 2.38. The number of alkyl halides is 3. The van der Waals surface area contributed by atoms with Crippen LogP contribution >= 0.6 is 22.6 Å². The van der Waals surface area contributed by atoms with Gasteiger partial charge in [0.05, 0.1) is 0 Å². The van der Waals surface area contributed by atoms with Crippen LogP contribution in [-0.2, 0) is 14.8 Å². The van der Waals surface area contributed by atoms with Gasteiger partial charge < -0.3 is 9.46 Å². The molecule has 1 aromatic rings. The smallest absolute Gasteiger partial charge is 0.480 e. The molecule has 19 heavy (non-hydrogen) atoms. The van der Waals surface area contributed by atoms with E-state index in [0.717, 1.165) is 3.57 Å². The zero-order chi connectivity index (χ0) is 14.7. The second kappa shape index (κ2) is 6.05. The maximum atomic E-state index is 11.9. The number of rotatable bonds is 4. The SMILES string of the molecule is O=C(C[N-]S(=O)(=O)C(F)(F)F)Oc1cccc(I)c1. The summed E-state index contributed by atoms with van der Waals surface area (Å²) in [6.07, 6.45) is 0. The minimum atomic E-state index is -5.67. The van der Waals surface area contributed by atoms with Gasteiger partial charge >= 0.3 is 5.51 Å². The average molecular weight is 408 g/mol. The fourth-order valence-corrected chi connectivity index (χ4v) is 1.84. The van der Waals surface area contributed by atoms with Gasteiger partial charge in [-0.15, -0.1) is 0 Å². The molecular formula is C9H6F3INO4S-. The lowest BCUT2D eigenvalue weighted by molar-refractivity contribution is -0.132. The van der Waals surface area contributed by atoms with Crippen LogP contribution in [0.1, 0.15) is 0 Å². The minimum absolute atomic E-state index is 0.0940. The zero-order valence-electron chi connectivity index (χ0n) is 9.02. The summed E-state index contributed by atoms with van der Waals surface area (Å²) in [5.74, 6) is -1.11. The molecule has 5 nitrogen and oxygen atoms in total. The molecule has 10 heteroatoms. The Kier molecular flexibility index (Phi) is 5.15. The van der Waals surface area contributed by atoms with E-state index in [1.807, 2.05) is 22.6 Å². The molecule has 0 aromatic heterocycles. The maximum Gasteiger partial charge on any atom is 0.480 e. The molecule has 0 bridgehead atoms. The van der Waals surface area contributed by atoms with Crippen molar-refractivity contribution >= 4 is 38.6 Å². The van der Waals surface area contributed by atoms with Gasteiger partial charge in [0.25, 0.3) is 5.97 Å². The Morgan fingerprint density at radius 1 is 1.37 bits per heavy atom. The summed E-state index contributed by atoms with van der Waals surface area (Å²) < 4.78 is 64.6. The second-order valence-electron chi connectivity index (χ2n) is 3.14. The lowest BCUT2D eigenvalue weighted by atomic mass is 10.3. The molecule has 1 rings (SSSR count). The average Bonchev–Trinajstić information content (AvgIpc) is 2.25.